The molecule has 0 spiro atoms. The van der Waals surface area contributed by atoms with E-state index in [0.29, 0.717) is 6.42 Å². The summed E-state index contributed by atoms with van der Waals surface area (Å²) >= 11 is 5.11. The smallest absolute Gasteiger partial charge is 0.411 e. The summed E-state index contributed by atoms with van der Waals surface area (Å²) in [6.07, 6.45) is 2.63. The van der Waals surface area contributed by atoms with Crippen LogP contribution in [0.15, 0.2) is 28.7 Å². The van der Waals surface area contributed by atoms with Gasteiger partial charge in [0.2, 0.25) is 5.91 Å². The number of benzene rings is 1. The Hall–Kier alpha value is -2.11. The van der Waals surface area contributed by atoms with Crippen molar-refractivity contribution in [2.24, 2.45) is 5.92 Å². The van der Waals surface area contributed by atoms with Gasteiger partial charge in [0.1, 0.15) is 17.7 Å². The number of fused-ring (bicyclic) bond motifs is 3. The van der Waals surface area contributed by atoms with Crippen LogP contribution in [0.25, 0.3) is 10.1 Å². The second-order valence-electron chi connectivity index (χ2n) is 9.35. The van der Waals surface area contributed by atoms with E-state index in [9.17, 15) is 14.9 Å². The number of halogens is 1. The number of carbonyl (C=O) groups is 2. The Bertz CT molecular complexity index is 1050. The van der Waals surface area contributed by atoms with Gasteiger partial charge in [-0.1, -0.05) is 15.9 Å². The first kappa shape index (κ1) is 22.1. The summed E-state index contributed by atoms with van der Waals surface area (Å²) < 4.78 is 7.72. The minimum Gasteiger partial charge on any atom is -0.444 e. The monoisotopic (exact) mass is 503 g/mol. The summed E-state index contributed by atoms with van der Waals surface area (Å²) in [5, 5.41) is 13.7. The van der Waals surface area contributed by atoms with Crippen molar-refractivity contribution in [1.29, 1.82) is 5.26 Å². The maximum absolute atomic E-state index is 13.2. The van der Waals surface area contributed by atoms with E-state index >= 15 is 0 Å². The zero-order chi connectivity index (χ0) is 22.3. The van der Waals surface area contributed by atoms with Crippen molar-refractivity contribution >= 4 is 49.4 Å². The molecular formula is C23H26BrN3O3S. The maximum atomic E-state index is 13.2. The first-order chi connectivity index (χ1) is 14.6. The molecule has 1 aromatic heterocycles. The van der Waals surface area contributed by atoms with Crippen molar-refractivity contribution in [3.05, 3.63) is 33.6 Å². The van der Waals surface area contributed by atoms with E-state index in [4.69, 9.17) is 4.74 Å². The van der Waals surface area contributed by atoms with E-state index in [2.05, 4.69) is 33.4 Å². The second kappa shape index (κ2) is 8.44. The Morgan fingerprint density at radius 2 is 2.13 bits per heavy atom. The van der Waals surface area contributed by atoms with Crippen LogP contribution < -0.4 is 5.32 Å². The lowest BCUT2D eigenvalue weighted by molar-refractivity contribution is -0.128. The number of nitrogens with zero attached hydrogens (tertiary/aromatic N) is 2. The third-order valence-corrected chi connectivity index (χ3v) is 7.50. The minimum absolute atomic E-state index is 0.0391. The molecule has 1 aromatic carbocycles. The van der Waals surface area contributed by atoms with Gasteiger partial charge in [0.25, 0.3) is 0 Å². The molecule has 2 bridgehead atoms. The van der Waals surface area contributed by atoms with Crippen LogP contribution in [0.3, 0.4) is 0 Å². The lowest BCUT2D eigenvalue weighted by atomic mass is 9.97. The Morgan fingerprint density at radius 1 is 1.35 bits per heavy atom. The molecule has 2 aliphatic rings. The van der Waals surface area contributed by atoms with Gasteiger partial charge in [0.05, 0.1) is 6.07 Å². The van der Waals surface area contributed by atoms with Crippen molar-refractivity contribution in [3.8, 4) is 6.07 Å². The Labute approximate surface area is 194 Å². The molecule has 31 heavy (non-hydrogen) atoms. The third kappa shape index (κ3) is 4.73. The van der Waals surface area contributed by atoms with Gasteiger partial charge >= 0.3 is 6.09 Å². The van der Waals surface area contributed by atoms with E-state index in [1.165, 1.54) is 0 Å². The van der Waals surface area contributed by atoms with E-state index < -0.39 is 23.8 Å². The molecule has 0 radical (unpaired) electrons. The average Bonchev–Trinajstić information content (AvgIpc) is 3.39. The molecule has 2 aromatic rings. The second-order valence-corrected chi connectivity index (χ2v) is 11.4. The van der Waals surface area contributed by atoms with Crippen LogP contribution in [-0.2, 0) is 16.0 Å². The van der Waals surface area contributed by atoms with Crippen LogP contribution in [0.5, 0.6) is 0 Å². The Morgan fingerprint density at radius 3 is 2.84 bits per heavy atom. The molecule has 4 rings (SSSR count). The van der Waals surface area contributed by atoms with Gasteiger partial charge in [-0.05, 0) is 75.6 Å². The fourth-order valence-corrected chi connectivity index (χ4v) is 6.13. The summed E-state index contributed by atoms with van der Waals surface area (Å²) in [5.41, 5.74) is -0.620. The van der Waals surface area contributed by atoms with Crippen molar-refractivity contribution in [3.63, 3.8) is 0 Å². The number of amides is 2. The number of hydrogen-bond donors (Lipinski definition) is 1. The highest BCUT2D eigenvalue weighted by molar-refractivity contribution is 9.10. The molecule has 164 valence electrons. The molecule has 2 heterocycles. The number of carbonyl (C=O) groups excluding carboxylic acids is 2. The van der Waals surface area contributed by atoms with Crippen LogP contribution in [0.1, 0.15) is 44.9 Å². The molecule has 8 heteroatoms. The van der Waals surface area contributed by atoms with Crippen LogP contribution in [0.4, 0.5) is 4.79 Å². The van der Waals surface area contributed by atoms with Crippen molar-refractivity contribution in [2.45, 2.75) is 70.2 Å². The van der Waals surface area contributed by atoms with E-state index in [1.54, 1.807) is 16.2 Å². The molecule has 1 saturated heterocycles. The normalized spacial score (nSPS) is 23.6. The number of hydrogen-bond acceptors (Lipinski definition) is 5. The zero-order valence-corrected chi connectivity index (χ0v) is 20.3. The van der Waals surface area contributed by atoms with E-state index in [1.807, 2.05) is 39.0 Å². The fraction of sp³-hybridized carbons (Fsp3) is 0.522. The van der Waals surface area contributed by atoms with Gasteiger partial charge in [0, 0.05) is 26.5 Å². The Kier molecular flexibility index (Phi) is 6.01. The van der Waals surface area contributed by atoms with E-state index in [0.717, 1.165) is 38.7 Å². The molecule has 6 nitrogen and oxygen atoms in total. The number of nitriles is 1. The van der Waals surface area contributed by atoms with Gasteiger partial charge in [0.15, 0.2) is 0 Å². The molecule has 4 atom stereocenters. The number of likely N-dealkylation sites (tertiary alicyclic amines) is 1. The summed E-state index contributed by atoms with van der Waals surface area (Å²) in [5.74, 6) is -0.132. The third-order valence-electron chi connectivity index (χ3n) is 5.87. The molecule has 2 amide bonds. The van der Waals surface area contributed by atoms with Crippen LogP contribution >= 0.6 is 27.3 Å². The molecule has 1 saturated carbocycles. The van der Waals surface area contributed by atoms with Crippen molar-refractivity contribution in [2.75, 3.05) is 0 Å². The topological polar surface area (TPSA) is 82.4 Å². The first-order valence-corrected chi connectivity index (χ1v) is 12.1. The molecule has 1 aliphatic carbocycles. The number of ether oxygens (including phenoxy) is 1. The molecule has 2 fully saturated rings. The maximum Gasteiger partial charge on any atom is 0.411 e. The van der Waals surface area contributed by atoms with Gasteiger partial charge in [-0.2, -0.15) is 5.26 Å². The van der Waals surface area contributed by atoms with Gasteiger partial charge in [-0.25, -0.2) is 4.79 Å². The Balaban J connectivity index is 1.47. The van der Waals surface area contributed by atoms with Gasteiger partial charge in [-0.3, -0.25) is 9.69 Å². The predicted molar refractivity (Wildman–Crippen MR) is 124 cm³/mol. The molecule has 1 aliphatic heterocycles. The van der Waals surface area contributed by atoms with Crippen molar-refractivity contribution in [1.82, 2.24) is 10.2 Å². The zero-order valence-electron chi connectivity index (χ0n) is 17.9. The summed E-state index contributed by atoms with van der Waals surface area (Å²) in [6, 6.07) is 9.18. The van der Waals surface area contributed by atoms with E-state index in [-0.39, 0.29) is 17.9 Å². The van der Waals surface area contributed by atoms with Gasteiger partial charge < -0.3 is 10.1 Å². The summed E-state index contributed by atoms with van der Waals surface area (Å²) in [6.45, 7) is 5.47. The lowest BCUT2D eigenvalue weighted by Crippen LogP contribution is -2.55. The average molecular weight is 504 g/mol. The predicted octanol–water partition coefficient (Wildman–Crippen LogP) is 5.00. The summed E-state index contributed by atoms with van der Waals surface area (Å²) in [7, 11) is 0. The highest BCUT2D eigenvalue weighted by atomic mass is 79.9. The quantitative estimate of drug-likeness (QED) is 0.635. The minimum atomic E-state index is -0.649. The SMILES string of the molecule is CC(C)(C)OC(=O)N1[C@@H]2CC[C@@H](C2)[C@H]1C(=O)NC(C#N)Cc1cc2cc(Br)ccc2s1. The van der Waals surface area contributed by atoms with Crippen LogP contribution in [0, 0.1) is 17.2 Å². The summed E-state index contributed by atoms with van der Waals surface area (Å²) in [4.78, 5) is 28.6. The number of rotatable bonds is 4. The number of thiophene rings is 1. The molecule has 1 unspecified atom stereocenters. The number of nitrogens with one attached hydrogen (secondary N) is 1. The number of piperidine rings is 1. The molecule has 1 N–H and O–H groups in total. The largest absolute Gasteiger partial charge is 0.444 e. The van der Waals surface area contributed by atoms with Crippen LogP contribution in [-0.4, -0.2) is 40.6 Å². The highest BCUT2D eigenvalue weighted by Gasteiger charge is 2.52. The van der Waals surface area contributed by atoms with Crippen molar-refractivity contribution < 1.29 is 14.3 Å². The first-order valence-electron chi connectivity index (χ1n) is 10.5. The fourth-order valence-electron chi connectivity index (χ4n) is 4.66. The standard InChI is InChI=1S/C23H26BrN3O3S/c1-23(2,3)30-22(29)27-17-6-4-13(9-17)20(27)21(28)26-16(12-25)11-18-10-14-8-15(24)5-7-19(14)31-18/h5,7-8,10,13,16-17,20H,4,6,9,11H2,1-3H3,(H,26,28)/t13-,16?,17+,20-/m0/s1. The lowest BCUT2D eigenvalue weighted by Gasteiger charge is -2.35. The van der Waals surface area contributed by atoms with Gasteiger partial charge in [-0.15, -0.1) is 11.3 Å². The highest BCUT2D eigenvalue weighted by Crippen LogP contribution is 2.43. The van der Waals surface area contributed by atoms with Crippen LogP contribution in [0.2, 0.25) is 0 Å². The molecular weight excluding hydrogens is 478 g/mol.